The molecule has 19 aromatic rings. The molecule has 10 heteroatoms. The van der Waals surface area contributed by atoms with Gasteiger partial charge in [0.2, 0.25) is 0 Å². The predicted molar refractivity (Wildman–Crippen MR) is 549 cm³/mol. The van der Waals surface area contributed by atoms with Gasteiger partial charge in [0.1, 0.15) is 11.2 Å². The van der Waals surface area contributed by atoms with Gasteiger partial charge in [0, 0.05) is 140 Å². The van der Waals surface area contributed by atoms with Crippen molar-refractivity contribution in [2.24, 2.45) is 0 Å². The summed E-state index contributed by atoms with van der Waals surface area (Å²) in [7, 11) is -2.88. The molecule has 4 heterocycles. The second-order valence-corrected chi connectivity index (χ2v) is 52.1. The van der Waals surface area contributed by atoms with E-state index in [0.717, 1.165) is 50.4 Å². The van der Waals surface area contributed by atoms with E-state index in [4.69, 9.17) is 4.42 Å². The van der Waals surface area contributed by atoms with Crippen LogP contribution in [0.2, 0.25) is 39.3 Å². The normalized spacial score (nSPS) is 14.4. The first kappa shape index (κ1) is 79.3. The number of hydrogen-bond donors (Lipinski definition) is 0. The summed E-state index contributed by atoms with van der Waals surface area (Å²) >= 11 is 5.86. The van der Waals surface area contributed by atoms with Crippen LogP contribution in [0.5, 0.6) is 0 Å². The first-order valence-electron chi connectivity index (χ1n) is 44.3. The topological polar surface area (TPSA) is 26.1 Å². The van der Waals surface area contributed by atoms with Crippen LogP contribution in [0.25, 0.3) is 95.0 Å². The molecule has 4 aromatic heterocycles. The molecule has 0 aliphatic heterocycles. The maximum absolute atomic E-state index is 6.24. The van der Waals surface area contributed by atoms with E-state index >= 15 is 0 Å². The van der Waals surface area contributed by atoms with Gasteiger partial charge in [-0.1, -0.05) is 293 Å². The van der Waals surface area contributed by atoms with Gasteiger partial charge in [0.25, 0.3) is 0 Å². The largest absolute Gasteiger partial charge is 0.456 e. The first-order valence-corrected chi connectivity index (χ1v) is 53.7. The van der Waals surface area contributed by atoms with Gasteiger partial charge in [0.15, 0.2) is 0 Å². The van der Waals surface area contributed by atoms with Crippen LogP contribution in [0.4, 0.5) is 68.2 Å². The summed E-state index contributed by atoms with van der Waals surface area (Å²) in [4.78, 5) is 15.4. The molecule has 0 radical (unpaired) electrons. The van der Waals surface area contributed by atoms with Crippen LogP contribution in [-0.4, -0.2) is 16.1 Å². The molecule has 0 fully saturated rings. The molecule has 0 amide bonds. The van der Waals surface area contributed by atoms with E-state index in [1.807, 2.05) is 46.1 Å². The van der Waals surface area contributed by atoms with Crippen LogP contribution >= 0.6 is 34.0 Å². The smallest absolute Gasteiger partial charge is 0.135 e. The van der Waals surface area contributed by atoms with E-state index in [-0.39, 0.29) is 21.7 Å². The molecular formula is C116H100N4OS3Si2. The second-order valence-electron chi connectivity index (χ2n) is 38.8. The Labute approximate surface area is 754 Å². The summed E-state index contributed by atoms with van der Waals surface area (Å²) in [6.45, 7) is 34.1. The number of rotatable bonds is 15. The molecule has 0 spiro atoms. The van der Waals surface area contributed by atoms with E-state index < -0.39 is 16.1 Å². The molecular weight excluding hydrogens is 1620 g/mol. The van der Waals surface area contributed by atoms with Crippen LogP contribution in [0, 0.1) is 0 Å². The number of thiophene rings is 3. The molecule has 5 nitrogen and oxygen atoms in total. The number of anilines is 12. The molecule has 0 N–H and O–H groups in total. The van der Waals surface area contributed by atoms with Crippen LogP contribution in [0.1, 0.15) is 99.9 Å². The van der Waals surface area contributed by atoms with E-state index in [1.165, 1.54) is 168 Å². The van der Waals surface area contributed by atoms with Gasteiger partial charge in [-0.05, 0) is 236 Å². The SMILES string of the molecule is CC1(C)c2cc(N(c3ccccc3)c3ccc([Si](C)(C)C)cc3)ccc2-c2sc3c(c21)C(C)(C)c1cc(N(c2ccc4sc5ccccc5c4c2)c2ccccc2-c2ccccc2)ccc1-3.CC1(C)c2cc(N(c3ccccc3)c3ccc([Si](C)(C)C)cc3)ccc2-c2sc3c(c21)C(C)(C)c1cc(N(c2ccccc2)c2ccc4oc5ccccc5c4c2)ccc1-3. The van der Waals surface area contributed by atoms with Crippen molar-refractivity contribution in [3.05, 3.63) is 396 Å². The number of fused-ring (bicyclic) bond motifs is 20. The molecule has 0 atom stereocenters. The number of nitrogens with zero attached hydrogens (tertiary/aromatic N) is 4. The zero-order valence-electron chi connectivity index (χ0n) is 73.9. The summed E-state index contributed by atoms with van der Waals surface area (Å²) in [5.41, 5.74) is 34.3. The van der Waals surface area contributed by atoms with Crippen molar-refractivity contribution in [3.8, 4) is 52.9 Å². The van der Waals surface area contributed by atoms with Crippen LogP contribution < -0.4 is 30.0 Å². The average molecular weight is 1720 g/mol. The van der Waals surface area contributed by atoms with Gasteiger partial charge < -0.3 is 24.0 Å². The van der Waals surface area contributed by atoms with E-state index in [9.17, 15) is 0 Å². The van der Waals surface area contributed by atoms with E-state index in [2.05, 4.69) is 454 Å². The van der Waals surface area contributed by atoms with E-state index in [0.29, 0.717) is 0 Å². The van der Waals surface area contributed by atoms with Gasteiger partial charge >= 0.3 is 0 Å². The lowest BCUT2D eigenvalue weighted by Gasteiger charge is -2.31. The summed E-state index contributed by atoms with van der Waals surface area (Å²) < 4.78 is 8.87. The molecule has 23 rings (SSSR count). The number of hydrogen-bond acceptors (Lipinski definition) is 8. The molecule has 0 bridgehead atoms. The molecule has 0 saturated heterocycles. The fraction of sp³-hybridized carbons (Fsp3) is 0.155. The Bertz CT molecular complexity index is 7550. The standard InChI is InChI=1S/C61H52N2S2Si.C55H48N2OSSi/c1-60(2)51-37-43(62(40-20-12-9-13-21-40)41-26-31-45(32-27-41)66(5,6)7)28-33-48(51)58-56(60)57-59(65-58)49-34-29-44(38-52(49)61(57,3)4)63(53-24-16-14-22-46(53)39-18-10-8-11-19-39)42-30-35-55-50(36-42)47-23-15-17-25-54(47)64-55;1-54(2)46-33-39(56(35-16-10-8-11-17-35)37-22-27-41(28-23-37)60(5,6)7)24-29-43(46)52-50(54)51-53(59-52)44-30-25-40(34-47(44)55(51,3)4)57(36-18-12-9-13-19-36)38-26-31-49-45(32-38)42-20-14-15-21-48(42)58-49/h8-38H,1-7H3;8-34H,1-7H3. The third-order valence-corrected chi connectivity index (χ3v) is 35.3. The Hall–Kier alpha value is -12.6. The lowest BCUT2D eigenvalue weighted by Crippen LogP contribution is -2.37. The summed E-state index contributed by atoms with van der Waals surface area (Å²) in [5, 5.41) is 7.81. The summed E-state index contributed by atoms with van der Waals surface area (Å²) in [6, 6.07) is 130. The van der Waals surface area contributed by atoms with Crippen molar-refractivity contribution in [3.63, 3.8) is 0 Å². The van der Waals surface area contributed by atoms with Crippen molar-refractivity contribution >= 4 is 171 Å². The van der Waals surface area contributed by atoms with Crippen LogP contribution in [-0.2, 0) is 21.7 Å². The van der Waals surface area contributed by atoms with Gasteiger partial charge in [0.05, 0.1) is 21.8 Å². The fourth-order valence-corrected chi connectivity index (χ4v) is 27.9. The van der Waals surface area contributed by atoms with Crippen molar-refractivity contribution in [1.82, 2.24) is 0 Å². The summed E-state index contributed by atoms with van der Waals surface area (Å²) in [6.07, 6.45) is 0. The lowest BCUT2D eigenvalue weighted by atomic mass is 9.74. The Morgan fingerprint density at radius 3 is 0.984 bits per heavy atom. The fourth-order valence-electron chi connectivity index (χ4n) is 21.0. The number of furan rings is 1. The van der Waals surface area contributed by atoms with Gasteiger partial charge in [-0.2, -0.15) is 0 Å². The summed E-state index contributed by atoms with van der Waals surface area (Å²) in [5.74, 6) is 0. The van der Waals surface area contributed by atoms with Gasteiger partial charge in [-0.15, -0.1) is 34.0 Å². The maximum atomic E-state index is 6.24. The Kier molecular flexibility index (Phi) is 18.6. The van der Waals surface area contributed by atoms with Crippen molar-refractivity contribution < 1.29 is 4.42 Å². The Morgan fingerprint density at radius 1 is 0.230 bits per heavy atom. The number of para-hydroxylation sites is 5. The third kappa shape index (κ3) is 12.7. The maximum Gasteiger partial charge on any atom is 0.135 e. The molecule has 126 heavy (non-hydrogen) atoms. The molecule has 15 aromatic carbocycles. The quantitative estimate of drug-likeness (QED) is 0.0953. The van der Waals surface area contributed by atoms with Crippen LogP contribution in [0.3, 0.4) is 0 Å². The Balaban J connectivity index is 0.000000150. The minimum atomic E-state index is -1.45. The van der Waals surface area contributed by atoms with Crippen molar-refractivity contribution in [2.45, 2.75) is 116 Å². The van der Waals surface area contributed by atoms with Gasteiger partial charge in [-0.25, -0.2) is 0 Å². The Morgan fingerprint density at radius 2 is 0.540 bits per heavy atom. The lowest BCUT2D eigenvalue weighted by molar-refractivity contribution is 0.603. The zero-order valence-corrected chi connectivity index (χ0v) is 78.4. The highest BCUT2D eigenvalue weighted by Crippen LogP contribution is 2.67. The highest BCUT2D eigenvalue weighted by Gasteiger charge is 2.51. The van der Waals surface area contributed by atoms with Crippen molar-refractivity contribution in [2.75, 3.05) is 19.6 Å². The molecule has 0 unspecified atom stereocenters. The molecule has 4 aliphatic rings. The average Bonchev–Trinajstić information content (AvgIpc) is 1.52. The van der Waals surface area contributed by atoms with Crippen LogP contribution in [0.15, 0.2) is 356 Å². The second kappa shape index (κ2) is 29.5. The van der Waals surface area contributed by atoms with Gasteiger partial charge in [-0.3, -0.25) is 0 Å². The highest BCUT2D eigenvalue weighted by atomic mass is 32.1. The molecule has 4 aliphatic carbocycles. The highest BCUT2D eigenvalue weighted by molar-refractivity contribution is 7.25. The first-order chi connectivity index (χ1) is 60.8. The minimum absolute atomic E-state index is 0.185. The minimum Gasteiger partial charge on any atom is -0.456 e. The number of benzene rings is 15. The predicted octanol–water partition coefficient (Wildman–Crippen LogP) is 33.6. The third-order valence-electron chi connectivity index (χ3n) is 27.5. The van der Waals surface area contributed by atoms with Crippen molar-refractivity contribution in [1.29, 1.82) is 0 Å². The molecule has 616 valence electrons. The molecule has 0 saturated carbocycles. The zero-order chi connectivity index (χ0) is 86.2. The monoisotopic (exact) mass is 1720 g/mol. The van der Waals surface area contributed by atoms with E-state index in [1.54, 1.807) is 0 Å².